The largest absolute Gasteiger partial charge is 0.497 e. The lowest BCUT2D eigenvalue weighted by Gasteiger charge is -2.24. The first-order valence-corrected chi connectivity index (χ1v) is 7.88. The van der Waals surface area contributed by atoms with Crippen molar-refractivity contribution in [2.45, 2.75) is 32.0 Å². The van der Waals surface area contributed by atoms with Crippen LogP contribution < -0.4 is 4.74 Å². The molecule has 1 atom stereocenters. The van der Waals surface area contributed by atoms with Crippen molar-refractivity contribution in [1.29, 1.82) is 0 Å². The number of allylic oxidation sites excluding steroid dienone is 1. The van der Waals surface area contributed by atoms with E-state index in [2.05, 4.69) is 17.5 Å². The van der Waals surface area contributed by atoms with Gasteiger partial charge < -0.3 is 14.3 Å². The maximum absolute atomic E-state index is 10.2. The molecule has 0 aliphatic rings. The van der Waals surface area contributed by atoms with Crippen molar-refractivity contribution in [3.63, 3.8) is 0 Å². The number of aliphatic hydroxyl groups excluding tert-OH is 1. The second-order valence-corrected chi connectivity index (χ2v) is 5.62. The molecule has 2 aromatic rings. The van der Waals surface area contributed by atoms with E-state index in [9.17, 15) is 5.11 Å². The number of benzene rings is 1. The SMILES string of the molecule is C=CCC[C@H](O)CN(Cc1cccc(OC)c1)Cc1ccco1. The lowest BCUT2D eigenvalue weighted by atomic mass is 10.1. The fourth-order valence-electron chi connectivity index (χ4n) is 2.54. The van der Waals surface area contributed by atoms with E-state index in [-0.39, 0.29) is 6.10 Å². The molecule has 2 rings (SSSR count). The van der Waals surface area contributed by atoms with Gasteiger partial charge in [-0.2, -0.15) is 0 Å². The first-order chi connectivity index (χ1) is 11.2. The highest BCUT2D eigenvalue weighted by Crippen LogP contribution is 2.17. The topological polar surface area (TPSA) is 45.8 Å². The van der Waals surface area contributed by atoms with Crippen molar-refractivity contribution in [1.82, 2.24) is 4.90 Å². The molecule has 0 bridgehead atoms. The smallest absolute Gasteiger partial charge is 0.119 e. The maximum atomic E-state index is 10.2. The molecule has 0 amide bonds. The zero-order valence-corrected chi connectivity index (χ0v) is 13.6. The molecular weight excluding hydrogens is 290 g/mol. The van der Waals surface area contributed by atoms with Gasteiger partial charge in [0, 0.05) is 13.1 Å². The van der Waals surface area contributed by atoms with Gasteiger partial charge in [-0.05, 0) is 42.7 Å². The van der Waals surface area contributed by atoms with Crippen molar-refractivity contribution in [3.8, 4) is 5.75 Å². The summed E-state index contributed by atoms with van der Waals surface area (Å²) in [6.45, 7) is 5.68. The van der Waals surface area contributed by atoms with E-state index in [0.29, 0.717) is 13.1 Å². The maximum Gasteiger partial charge on any atom is 0.119 e. The molecule has 0 unspecified atom stereocenters. The second-order valence-electron chi connectivity index (χ2n) is 5.62. The molecule has 4 nitrogen and oxygen atoms in total. The minimum absolute atomic E-state index is 0.381. The third-order valence-electron chi connectivity index (χ3n) is 3.67. The average Bonchev–Trinajstić information content (AvgIpc) is 3.06. The average molecular weight is 315 g/mol. The Morgan fingerprint density at radius 2 is 2.17 bits per heavy atom. The van der Waals surface area contributed by atoms with Crippen LogP contribution in [0.3, 0.4) is 0 Å². The Balaban J connectivity index is 2.03. The zero-order valence-electron chi connectivity index (χ0n) is 13.6. The predicted molar refractivity (Wildman–Crippen MR) is 91.3 cm³/mol. The molecule has 1 aromatic heterocycles. The molecular formula is C19H25NO3. The first kappa shape index (κ1) is 17.3. The number of hydrogen-bond donors (Lipinski definition) is 1. The monoisotopic (exact) mass is 315 g/mol. The van der Waals surface area contributed by atoms with Crippen LogP contribution in [0.2, 0.25) is 0 Å². The highest BCUT2D eigenvalue weighted by molar-refractivity contribution is 5.28. The summed E-state index contributed by atoms with van der Waals surface area (Å²) >= 11 is 0. The molecule has 1 heterocycles. The summed E-state index contributed by atoms with van der Waals surface area (Å²) in [6, 6.07) is 11.8. The number of furan rings is 1. The van der Waals surface area contributed by atoms with Gasteiger partial charge in [-0.3, -0.25) is 4.90 Å². The fraction of sp³-hybridized carbons (Fsp3) is 0.368. The molecule has 1 N–H and O–H groups in total. The first-order valence-electron chi connectivity index (χ1n) is 7.88. The van der Waals surface area contributed by atoms with E-state index in [1.807, 2.05) is 36.4 Å². The summed E-state index contributed by atoms with van der Waals surface area (Å²) in [5, 5.41) is 10.2. The summed E-state index contributed by atoms with van der Waals surface area (Å²) < 4.78 is 10.7. The normalized spacial score (nSPS) is 12.3. The van der Waals surface area contributed by atoms with Crippen LogP contribution in [0.1, 0.15) is 24.2 Å². The van der Waals surface area contributed by atoms with Gasteiger partial charge in [-0.25, -0.2) is 0 Å². The Morgan fingerprint density at radius 1 is 1.30 bits per heavy atom. The number of rotatable bonds is 10. The minimum atomic E-state index is -0.381. The molecule has 0 radical (unpaired) electrons. The van der Waals surface area contributed by atoms with Crippen LogP contribution in [0, 0.1) is 0 Å². The molecule has 0 aliphatic carbocycles. The van der Waals surface area contributed by atoms with Crippen molar-refractivity contribution in [2.75, 3.05) is 13.7 Å². The summed E-state index contributed by atoms with van der Waals surface area (Å²) in [4.78, 5) is 2.18. The van der Waals surface area contributed by atoms with Gasteiger partial charge in [0.25, 0.3) is 0 Å². The van der Waals surface area contributed by atoms with Crippen molar-refractivity contribution in [3.05, 3.63) is 66.6 Å². The van der Waals surface area contributed by atoms with E-state index in [4.69, 9.17) is 9.15 Å². The number of methoxy groups -OCH3 is 1. The highest BCUT2D eigenvalue weighted by atomic mass is 16.5. The molecule has 0 spiro atoms. The fourth-order valence-corrected chi connectivity index (χ4v) is 2.54. The highest BCUT2D eigenvalue weighted by Gasteiger charge is 2.14. The Hall–Kier alpha value is -2.04. The summed E-state index contributed by atoms with van der Waals surface area (Å²) in [5.41, 5.74) is 1.15. The third-order valence-corrected chi connectivity index (χ3v) is 3.67. The van der Waals surface area contributed by atoms with Crippen LogP contribution in [0.15, 0.2) is 59.7 Å². The molecule has 0 saturated heterocycles. The molecule has 0 saturated carbocycles. The number of ether oxygens (including phenoxy) is 1. The van der Waals surface area contributed by atoms with Crippen LogP contribution in [-0.2, 0) is 13.1 Å². The number of aliphatic hydroxyl groups is 1. The van der Waals surface area contributed by atoms with Gasteiger partial charge in [0.05, 0.1) is 26.0 Å². The molecule has 1 aromatic carbocycles. The van der Waals surface area contributed by atoms with E-state index in [1.165, 1.54) is 0 Å². The lowest BCUT2D eigenvalue weighted by molar-refractivity contribution is 0.0945. The van der Waals surface area contributed by atoms with Crippen molar-refractivity contribution in [2.24, 2.45) is 0 Å². The van der Waals surface area contributed by atoms with Gasteiger partial charge in [-0.15, -0.1) is 6.58 Å². The summed E-state index contributed by atoms with van der Waals surface area (Å²) in [5.74, 6) is 1.73. The standard InChI is InChI=1S/C19H25NO3/c1-3-4-8-17(21)14-20(15-19-10-6-11-23-19)13-16-7-5-9-18(12-16)22-2/h3,5-7,9-12,17,21H,1,4,8,13-15H2,2H3/t17-/m0/s1. The molecule has 0 fully saturated rings. The Morgan fingerprint density at radius 3 is 2.87 bits per heavy atom. The van der Waals surface area contributed by atoms with Crippen LogP contribution in [0.25, 0.3) is 0 Å². The van der Waals surface area contributed by atoms with Crippen LogP contribution in [-0.4, -0.2) is 29.8 Å². The summed E-state index contributed by atoms with van der Waals surface area (Å²) in [6.07, 6.45) is 4.66. The van der Waals surface area contributed by atoms with Crippen LogP contribution >= 0.6 is 0 Å². The molecule has 4 heteroatoms. The lowest BCUT2D eigenvalue weighted by Crippen LogP contribution is -2.31. The van der Waals surface area contributed by atoms with Gasteiger partial charge in [-0.1, -0.05) is 18.2 Å². The Labute approximate surface area is 138 Å². The van der Waals surface area contributed by atoms with Crippen molar-refractivity contribution < 1.29 is 14.3 Å². The van der Waals surface area contributed by atoms with Gasteiger partial charge in [0.2, 0.25) is 0 Å². The quantitative estimate of drug-likeness (QED) is 0.680. The van der Waals surface area contributed by atoms with Gasteiger partial charge in [0.15, 0.2) is 0 Å². The Bertz CT molecular complexity index is 580. The minimum Gasteiger partial charge on any atom is -0.497 e. The molecule has 23 heavy (non-hydrogen) atoms. The second kappa shape index (κ2) is 9.18. The van der Waals surface area contributed by atoms with Crippen molar-refractivity contribution >= 4 is 0 Å². The number of hydrogen-bond acceptors (Lipinski definition) is 4. The van der Waals surface area contributed by atoms with E-state index in [0.717, 1.165) is 36.5 Å². The molecule has 0 aliphatic heterocycles. The zero-order chi connectivity index (χ0) is 16.5. The molecule has 124 valence electrons. The number of nitrogens with zero attached hydrogens (tertiary/aromatic N) is 1. The van der Waals surface area contributed by atoms with Gasteiger partial charge >= 0.3 is 0 Å². The Kier molecular flexibility index (Phi) is 6.91. The van der Waals surface area contributed by atoms with Gasteiger partial charge in [0.1, 0.15) is 11.5 Å². The predicted octanol–water partition coefficient (Wildman–Crippen LogP) is 3.62. The van der Waals surface area contributed by atoms with Crippen LogP contribution in [0.4, 0.5) is 0 Å². The summed E-state index contributed by atoms with van der Waals surface area (Å²) in [7, 11) is 1.67. The third kappa shape index (κ3) is 5.93. The van der Waals surface area contributed by atoms with Crippen LogP contribution in [0.5, 0.6) is 5.75 Å². The van der Waals surface area contributed by atoms with E-state index in [1.54, 1.807) is 13.4 Å². The van der Waals surface area contributed by atoms with E-state index >= 15 is 0 Å². The van der Waals surface area contributed by atoms with E-state index < -0.39 is 0 Å².